The van der Waals surface area contributed by atoms with Crippen molar-refractivity contribution < 1.29 is 5.11 Å². The van der Waals surface area contributed by atoms with Crippen molar-refractivity contribution in [2.24, 2.45) is 5.92 Å². The van der Waals surface area contributed by atoms with Crippen molar-refractivity contribution in [2.75, 3.05) is 19.7 Å². The molecular weight excluding hydrogens is 78.0 g/mol. The van der Waals surface area contributed by atoms with Gasteiger partial charge < -0.3 is 10.4 Å². The molecule has 2 N–H and O–H groups in total. The Bertz CT molecular complexity index is 40.1. The molecule has 1 fully saturated rings. The number of rotatable bonds is 1. The Balaban J connectivity index is 2.01. The second-order valence-corrected chi connectivity index (χ2v) is 1.71. The van der Waals surface area contributed by atoms with E-state index in [0.717, 1.165) is 13.1 Å². The molecule has 36 valence electrons. The lowest BCUT2D eigenvalue weighted by Crippen LogP contribution is -2.43. The molecule has 0 aromatic heterocycles. The molecule has 1 heterocycles. The van der Waals surface area contributed by atoms with Crippen molar-refractivity contribution in [3.8, 4) is 0 Å². The van der Waals surface area contributed by atoms with E-state index in [9.17, 15) is 0 Å². The van der Waals surface area contributed by atoms with E-state index < -0.39 is 0 Å². The minimum atomic E-state index is 0.354. The fraction of sp³-hybridized carbons (Fsp3) is 1.00. The Labute approximate surface area is 37.2 Å². The number of hydrogen-bond donors (Lipinski definition) is 2. The van der Waals surface area contributed by atoms with E-state index in [1.807, 2.05) is 0 Å². The second-order valence-electron chi connectivity index (χ2n) is 1.71. The van der Waals surface area contributed by atoms with Crippen LogP contribution < -0.4 is 5.32 Å². The highest BCUT2D eigenvalue weighted by molar-refractivity contribution is 4.72. The van der Waals surface area contributed by atoms with Crippen LogP contribution in [-0.2, 0) is 0 Å². The molecular formula is C4H9NO. The molecule has 0 aromatic carbocycles. The molecule has 6 heavy (non-hydrogen) atoms. The van der Waals surface area contributed by atoms with Crippen LogP contribution in [0.15, 0.2) is 0 Å². The number of nitrogens with one attached hydrogen (secondary N) is 1. The molecule has 1 saturated heterocycles. The van der Waals surface area contributed by atoms with Crippen LogP contribution in [0.4, 0.5) is 0 Å². The highest BCUT2D eigenvalue weighted by Gasteiger charge is 2.13. The van der Waals surface area contributed by atoms with Gasteiger partial charge in [0.2, 0.25) is 0 Å². The van der Waals surface area contributed by atoms with Crippen LogP contribution in [0, 0.1) is 5.92 Å². The molecule has 0 unspecified atom stereocenters. The Morgan fingerprint density at radius 2 is 2.33 bits per heavy atom. The van der Waals surface area contributed by atoms with Crippen molar-refractivity contribution in [2.45, 2.75) is 0 Å². The summed E-state index contributed by atoms with van der Waals surface area (Å²) < 4.78 is 0. The molecule has 2 nitrogen and oxygen atoms in total. The summed E-state index contributed by atoms with van der Waals surface area (Å²) in [5.41, 5.74) is 0. The minimum absolute atomic E-state index is 0.354. The Morgan fingerprint density at radius 1 is 1.67 bits per heavy atom. The lowest BCUT2D eigenvalue weighted by atomic mass is 10.1. The van der Waals surface area contributed by atoms with Crippen molar-refractivity contribution in [1.29, 1.82) is 0 Å². The zero-order valence-corrected chi connectivity index (χ0v) is 3.65. The summed E-state index contributed by atoms with van der Waals surface area (Å²) in [5, 5.41) is 11.4. The van der Waals surface area contributed by atoms with Gasteiger partial charge in [-0.3, -0.25) is 0 Å². The summed E-state index contributed by atoms with van der Waals surface area (Å²) in [4.78, 5) is 0. The van der Waals surface area contributed by atoms with E-state index in [0.29, 0.717) is 12.5 Å². The standard InChI is InChI=1S/C4H9NO/c6-3-4-1-5-2-4/h4-6H,1-3H2. The Kier molecular flexibility index (Phi) is 1.08. The van der Waals surface area contributed by atoms with Gasteiger partial charge in [-0.1, -0.05) is 0 Å². The number of aliphatic hydroxyl groups excluding tert-OH is 1. The zero-order chi connectivity index (χ0) is 4.41. The SMILES string of the molecule is OCC1CNC1. The molecule has 0 amide bonds. The first kappa shape index (κ1) is 4.09. The van der Waals surface area contributed by atoms with E-state index in [2.05, 4.69) is 5.32 Å². The fourth-order valence-electron chi connectivity index (χ4n) is 0.478. The first-order valence-corrected chi connectivity index (χ1v) is 2.25. The van der Waals surface area contributed by atoms with E-state index >= 15 is 0 Å². The monoisotopic (exact) mass is 87.1 g/mol. The predicted molar refractivity (Wildman–Crippen MR) is 23.4 cm³/mol. The van der Waals surface area contributed by atoms with Gasteiger partial charge in [0.05, 0.1) is 0 Å². The van der Waals surface area contributed by atoms with E-state index in [4.69, 9.17) is 5.11 Å². The minimum Gasteiger partial charge on any atom is -0.396 e. The molecule has 0 saturated carbocycles. The van der Waals surface area contributed by atoms with Crippen molar-refractivity contribution in [1.82, 2.24) is 5.32 Å². The molecule has 0 aliphatic carbocycles. The number of aliphatic hydroxyl groups is 1. The average molecular weight is 87.1 g/mol. The topological polar surface area (TPSA) is 32.3 Å². The third-order valence-corrected chi connectivity index (χ3v) is 1.12. The van der Waals surface area contributed by atoms with Crippen LogP contribution in [0.25, 0.3) is 0 Å². The van der Waals surface area contributed by atoms with Gasteiger partial charge in [0, 0.05) is 25.6 Å². The van der Waals surface area contributed by atoms with Crippen LogP contribution in [0.3, 0.4) is 0 Å². The highest BCUT2D eigenvalue weighted by Crippen LogP contribution is 1.98. The molecule has 0 bridgehead atoms. The highest BCUT2D eigenvalue weighted by atomic mass is 16.3. The summed E-state index contributed by atoms with van der Waals surface area (Å²) >= 11 is 0. The van der Waals surface area contributed by atoms with Gasteiger partial charge in [0.15, 0.2) is 0 Å². The summed E-state index contributed by atoms with van der Waals surface area (Å²) in [5.74, 6) is 0.560. The maximum Gasteiger partial charge on any atom is 0.0483 e. The number of hydrogen-bond acceptors (Lipinski definition) is 2. The molecule has 0 radical (unpaired) electrons. The van der Waals surface area contributed by atoms with E-state index in [-0.39, 0.29) is 0 Å². The van der Waals surface area contributed by atoms with Crippen LogP contribution in [0.5, 0.6) is 0 Å². The normalized spacial score (nSPS) is 23.5. The maximum absolute atomic E-state index is 8.35. The van der Waals surface area contributed by atoms with Gasteiger partial charge in [0.25, 0.3) is 0 Å². The lowest BCUT2D eigenvalue weighted by molar-refractivity contribution is 0.180. The van der Waals surface area contributed by atoms with Gasteiger partial charge in [-0.05, 0) is 0 Å². The Morgan fingerprint density at radius 3 is 2.33 bits per heavy atom. The van der Waals surface area contributed by atoms with Gasteiger partial charge in [0.1, 0.15) is 0 Å². The van der Waals surface area contributed by atoms with Gasteiger partial charge >= 0.3 is 0 Å². The lowest BCUT2D eigenvalue weighted by Gasteiger charge is -2.24. The first-order valence-electron chi connectivity index (χ1n) is 2.25. The Hall–Kier alpha value is -0.0800. The first-order chi connectivity index (χ1) is 2.93. The molecule has 1 aliphatic rings. The predicted octanol–water partition coefficient (Wildman–Crippen LogP) is -0.802. The van der Waals surface area contributed by atoms with Crippen LogP contribution in [0.1, 0.15) is 0 Å². The molecule has 1 rings (SSSR count). The van der Waals surface area contributed by atoms with Gasteiger partial charge in [-0.2, -0.15) is 0 Å². The third-order valence-electron chi connectivity index (χ3n) is 1.12. The fourth-order valence-corrected chi connectivity index (χ4v) is 0.478. The van der Waals surface area contributed by atoms with E-state index in [1.165, 1.54) is 0 Å². The van der Waals surface area contributed by atoms with Crippen molar-refractivity contribution in [3.63, 3.8) is 0 Å². The van der Waals surface area contributed by atoms with Crippen LogP contribution in [-0.4, -0.2) is 24.8 Å². The van der Waals surface area contributed by atoms with Crippen molar-refractivity contribution >= 4 is 0 Å². The molecule has 1 aliphatic heterocycles. The zero-order valence-electron chi connectivity index (χ0n) is 3.65. The second kappa shape index (κ2) is 1.58. The van der Waals surface area contributed by atoms with Crippen LogP contribution >= 0.6 is 0 Å². The van der Waals surface area contributed by atoms with Gasteiger partial charge in [-0.15, -0.1) is 0 Å². The molecule has 0 atom stereocenters. The van der Waals surface area contributed by atoms with E-state index in [1.54, 1.807) is 0 Å². The van der Waals surface area contributed by atoms with Gasteiger partial charge in [-0.25, -0.2) is 0 Å². The maximum atomic E-state index is 8.35. The summed E-state index contributed by atoms with van der Waals surface area (Å²) in [6.07, 6.45) is 0. The van der Waals surface area contributed by atoms with Crippen LogP contribution in [0.2, 0.25) is 0 Å². The molecule has 0 aromatic rings. The average Bonchev–Trinajstić information content (AvgIpc) is 1.31. The summed E-state index contributed by atoms with van der Waals surface area (Å²) in [6.45, 7) is 2.38. The molecule has 0 spiro atoms. The third kappa shape index (κ3) is 0.533. The smallest absolute Gasteiger partial charge is 0.0483 e. The largest absolute Gasteiger partial charge is 0.396 e. The summed E-state index contributed by atoms with van der Waals surface area (Å²) in [6, 6.07) is 0. The summed E-state index contributed by atoms with van der Waals surface area (Å²) in [7, 11) is 0. The quantitative estimate of drug-likeness (QED) is 0.439. The molecule has 2 heteroatoms. The van der Waals surface area contributed by atoms with Crippen molar-refractivity contribution in [3.05, 3.63) is 0 Å².